The Kier molecular flexibility index (Phi) is 7.86. The molecule has 3 aromatic rings. The van der Waals surface area contributed by atoms with Crippen molar-refractivity contribution in [1.82, 2.24) is 0 Å². The largest absolute Gasteiger partial charge is 0.109 e. The predicted molar refractivity (Wildman–Crippen MR) is 135 cm³/mol. The molecule has 3 aromatic carbocycles. The molecule has 28 heavy (non-hydrogen) atoms. The summed E-state index contributed by atoms with van der Waals surface area (Å²) in [6.45, 7) is 4.27. The topological polar surface area (TPSA) is 0 Å². The number of benzene rings is 3. The van der Waals surface area contributed by atoms with Gasteiger partial charge in [0.1, 0.15) is 0 Å². The second-order valence-corrected chi connectivity index (χ2v) is 10.2. The maximum Gasteiger partial charge on any atom is 0.0781 e. The van der Waals surface area contributed by atoms with E-state index < -0.39 is 0 Å². The number of thiocarbonyl (C=S) groups is 2. The third kappa shape index (κ3) is 6.02. The Hall–Kier alpha value is -1.46. The van der Waals surface area contributed by atoms with Gasteiger partial charge in [-0.3, -0.25) is 0 Å². The fourth-order valence-corrected chi connectivity index (χ4v) is 4.78. The van der Waals surface area contributed by atoms with Crippen molar-refractivity contribution in [2.75, 3.05) is 0 Å². The predicted octanol–water partition coefficient (Wildman–Crippen LogP) is 8.04. The fraction of sp³-hybridized carbons (Fsp3) is 0.167. The lowest BCUT2D eigenvalue weighted by molar-refractivity contribution is 0.915. The van der Waals surface area contributed by atoms with Gasteiger partial charge < -0.3 is 0 Å². The maximum absolute atomic E-state index is 5.68. The Morgan fingerprint density at radius 1 is 0.821 bits per heavy atom. The molecule has 0 radical (unpaired) electrons. The van der Waals surface area contributed by atoms with Crippen LogP contribution in [0.5, 0.6) is 0 Å². The van der Waals surface area contributed by atoms with Crippen molar-refractivity contribution < 1.29 is 0 Å². The van der Waals surface area contributed by atoms with Crippen LogP contribution >= 0.6 is 48.0 Å². The lowest BCUT2D eigenvalue weighted by Crippen LogP contribution is -1.98. The average molecular weight is 439 g/mol. The molecular weight excluding hydrogens is 417 g/mol. The Morgan fingerprint density at radius 2 is 1.50 bits per heavy atom. The molecule has 0 fully saturated rings. The minimum atomic E-state index is 0.394. The summed E-state index contributed by atoms with van der Waals surface area (Å²) in [7, 11) is 0. The first-order valence-electron chi connectivity index (χ1n) is 9.16. The summed E-state index contributed by atoms with van der Waals surface area (Å²) in [6.07, 6.45) is 0. The lowest BCUT2D eigenvalue weighted by Gasteiger charge is -2.10. The van der Waals surface area contributed by atoms with Gasteiger partial charge >= 0.3 is 0 Å². The number of hydrogen-bond donors (Lipinski definition) is 0. The van der Waals surface area contributed by atoms with E-state index in [9.17, 15) is 0 Å². The summed E-state index contributed by atoms with van der Waals surface area (Å²) >= 11 is 14.6. The van der Waals surface area contributed by atoms with Crippen molar-refractivity contribution >= 4 is 56.4 Å². The van der Waals surface area contributed by atoms with Crippen molar-refractivity contribution in [2.45, 2.75) is 24.5 Å². The molecule has 0 aliphatic rings. The van der Waals surface area contributed by atoms with Crippen LogP contribution in [0, 0.1) is 5.92 Å². The van der Waals surface area contributed by atoms with Gasteiger partial charge in [0.25, 0.3) is 0 Å². The minimum Gasteiger partial charge on any atom is -0.109 e. The summed E-state index contributed by atoms with van der Waals surface area (Å²) in [4.78, 5) is 1.18. The molecule has 3 rings (SSSR count). The first kappa shape index (κ1) is 21.3. The number of thioether (sulfide) groups is 2. The van der Waals surface area contributed by atoms with Gasteiger partial charge in [-0.15, -0.1) is 11.8 Å². The Labute approximate surface area is 187 Å². The smallest absolute Gasteiger partial charge is 0.0781 e. The zero-order chi connectivity index (χ0) is 19.9. The van der Waals surface area contributed by atoms with Crippen LogP contribution in [0.15, 0.2) is 83.8 Å². The van der Waals surface area contributed by atoms with Crippen LogP contribution < -0.4 is 0 Å². The number of hydrogen-bond acceptors (Lipinski definition) is 4. The molecule has 0 heterocycles. The first-order chi connectivity index (χ1) is 13.5. The summed E-state index contributed by atoms with van der Waals surface area (Å²) < 4.78 is 1.95. The number of rotatable bonds is 6. The van der Waals surface area contributed by atoms with Gasteiger partial charge in [0.2, 0.25) is 0 Å². The SMILES string of the molecule is CC(C)C(=S)Sc1cccc(-c2cccc(C(=S)SCc3ccccc3)c2)c1. The second kappa shape index (κ2) is 10.4. The highest BCUT2D eigenvalue weighted by molar-refractivity contribution is 8.23. The average Bonchev–Trinajstić information content (AvgIpc) is 2.73. The van der Waals surface area contributed by atoms with E-state index >= 15 is 0 Å². The van der Waals surface area contributed by atoms with E-state index in [1.54, 1.807) is 23.5 Å². The van der Waals surface area contributed by atoms with Gasteiger partial charge in [0.15, 0.2) is 0 Å². The highest BCUT2D eigenvalue weighted by atomic mass is 32.2. The molecule has 0 saturated heterocycles. The van der Waals surface area contributed by atoms with E-state index in [0.29, 0.717) is 5.92 Å². The summed E-state index contributed by atoms with van der Waals surface area (Å²) in [6, 6.07) is 27.5. The van der Waals surface area contributed by atoms with E-state index in [1.807, 2.05) is 6.07 Å². The van der Waals surface area contributed by atoms with Gasteiger partial charge in [0, 0.05) is 10.6 Å². The Balaban J connectivity index is 1.74. The van der Waals surface area contributed by atoms with Crippen molar-refractivity contribution in [3.63, 3.8) is 0 Å². The van der Waals surface area contributed by atoms with Gasteiger partial charge in [-0.1, -0.05) is 111 Å². The summed E-state index contributed by atoms with van der Waals surface area (Å²) in [5, 5.41) is 0. The van der Waals surface area contributed by atoms with Crippen molar-refractivity contribution in [1.29, 1.82) is 0 Å². The molecule has 0 spiro atoms. The van der Waals surface area contributed by atoms with E-state index in [1.165, 1.54) is 21.6 Å². The second-order valence-electron chi connectivity index (χ2n) is 6.75. The van der Waals surface area contributed by atoms with Crippen LogP contribution in [0.1, 0.15) is 25.0 Å². The normalized spacial score (nSPS) is 10.8. The minimum absolute atomic E-state index is 0.394. The molecule has 0 aromatic heterocycles. The van der Waals surface area contributed by atoms with Gasteiger partial charge in [0.05, 0.1) is 8.39 Å². The van der Waals surface area contributed by atoms with E-state index in [4.69, 9.17) is 24.4 Å². The van der Waals surface area contributed by atoms with Crippen LogP contribution in [0.2, 0.25) is 0 Å². The van der Waals surface area contributed by atoms with Crippen LogP contribution in [0.25, 0.3) is 11.1 Å². The maximum atomic E-state index is 5.68. The molecule has 142 valence electrons. The molecule has 0 N–H and O–H groups in total. The fourth-order valence-electron chi connectivity index (χ4n) is 2.61. The Morgan fingerprint density at radius 3 is 2.21 bits per heavy atom. The van der Waals surface area contributed by atoms with E-state index in [0.717, 1.165) is 19.7 Å². The zero-order valence-corrected chi connectivity index (χ0v) is 19.2. The van der Waals surface area contributed by atoms with Crippen molar-refractivity contribution in [3.05, 3.63) is 90.0 Å². The highest BCUT2D eigenvalue weighted by Gasteiger charge is 2.08. The van der Waals surface area contributed by atoms with E-state index in [-0.39, 0.29) is 0 Å². The van der Waals surface area contributed by atoms with Crippen molar-refractivity contribution in [2.24, 2.45) is 5.92 Å². The van der Waals surface area contributed by atoms with Crippen LogP contribution in [-0.2, 0) is 5.75 Å². The molecule has 0 nitrogen and oxygen atoms in total. The molecule has 0 aliphatic carbocycles. The highest BCUT2D eigenvalue weighted by Crippen LogP contribution is 2.30. The molecule has 0 aliphatic heterocycles. The summed E-state index contributed by atoms with van der Waals surface area (Å²) in [5.41, 5.74) is 4.76. The molecular formula is C24H22S4. The third-order valence-electron chi connectivity index (χ3n) is 4.17. The Bertz CT molecular complexity index is 961. The molecule has 0 unspecified atom stereocenters. The summed E-state index contributed by atoms with van der Waals surface area (Å²) in [5.74, 6) is 1.29. The van der Waals surface area contributed by atoms with Crippen molar-refractivity contribution in [3.8, 4) is 11.1 Å². The van der Waals surface area contributed by atoms with Crippen LogP contribution in [0.4, 0.5) is 0 Å². The quantitative estimate of drug-likeness (QED) is 0.282. The van der Waals surface area contributed by atoms with Crippen LogP contribution in [0.3, 0.4) is 0 Å². The van der Waals surface area contributed by atoms with Gasteiger partial charge in [-0.25, -0.2) is 0 Å². The molecule has 0 bridgehead atoms. The lowest BCUT2D eigenvalue weighted by atomic mass is 10.0. The molecule has 0 amide bonds. The molecule has 4 heteroatoms. The zero-order valence-electron chi connectivity index (χ0n) is 15.9. The van der Waals surface area contributed by atoms with Gasteiger partial charge in [-0.05, 0) is 46.4 Å². The monoisotopic (exact) mass is 438 g/mol. The molecule has 0 atom stereocenters. The van der Waals surface area contributed by atoms with Gasteiger partial charge in [-0.2, -0.15) is 0 Å². The first-order valence-corrected chi connectivity index (χ1v) is 11.8. The molecule has 0 saturated carbocycles. The third-order valence-corrected chi connectivity index (χ3v) is 7.62. The standard InChI is InChI=1S/C24H22S4/c1-17(2)23(25)28-22-13-7-11-20(15-22)19-10-6-12-21(14-19)24(26)27-16-18-8-4-3-5-9-18/h3-15,17H,16H2,1-2H3. The van der Waals surface area contributed by atoms with E-state index in [2.05, 4.69) is 86.6 Å². The van der Waals surface area contributed by atoms with Crippen LogP contribution in [-0.4, -0.2) is 8.39 Å².